The SMILES string of the molecule is OC12CCCCC1SC1CCCCC1O2. The molecule has 2 aliphatic carbocycles. The van der Waals surface area contributed by atoms with Gasteiger partial charge >= 0.3 is 0 Å². The van der Waals surface area contributed by atoms with E-state index in [1.165, 1.54) is 25.7 Å². The van der Waals surface area contributed by atoms with Gasteiger partial charge in [0.15, 0.2) is 5.79 Å². The molecule has 86 valence electrons. The molecule has 4 atom stereocenters. The molecule has 3 fully saturated rings. The summed E-state index contributed by atoms with van der Waals surface area (Å²) < 4.78 is 6.02. The van der Waals surface area contributed by atoms with Crippen LogP contribution in [0.1, 0.15) is 51.4 Å². The summed E-state index contributed by atoms with van der Waals surface area (Å²) in [7, 11) is 0. The maximum atomic E-state index is 10.5. The summed E-state index contributed by atoms with van der Waals surface area (Å²) in [4.78, 5) is 0. The maximum Gasteiger partial charge on any atom is 0.177 e. The van der Waals surface area contributed by atoms with Gasteiger partial charge < -0.3 is 9.84 Å². The van der Waals surface area contributed by atoms with Gasteiger partial charge in [-0.25, -0.2) is 0 Å². The van der Waals surface area contributed by atoms with Crippen molar-refractivity contribution < 1.29 is 9.84 Å². The van der Waals surface area contributed by atoms with Crippen LogP contribution in [0.25, 0.3) is 0 Å². The van der Waals surface area contributed by atoms with Gasteiger partial charge in [0.2, 0.25) is 0 Å². The first-order chi connectivity index (χ1) is 7.28. The van der Waals surface area contributed by atoms with Crippen LogP contribution < -0.4 is 0 Å². The molecule has 2 nitrogen and oxygen atoms in total. The normalized spacial score (nSPS) is 50.6. The van der Waals surface area contributed by atoms with Gasteiger partial charge in [-0.3, -0.25) is 0 Å². The van der Waals surface area contributed by atoms with E-state index in [4.69, 9.17) is 4.74 Å². The average molecular weight is 228 g/mol. The third kappa shape index (κ3) is 1.83. The van der Waals surface area contributed by atoms with Crippen LogP contribution in [0.4, 0.5) is 0 Å². The highest BCUT2D eigenvalue weighted by atomic mass is 32.2. The van der Waals surface area contributed by atoms with Crippen LogP contribution in [0.15, 0.2) is 0 Å². The highest BCUT2D eigenvalue weighted by Gasteiger charge is 2.49. The van der Waals surface area contributed by atoms with Crippen LogP contribution in [-0.4, -0.2) is 27.5 Å². The van der Waals surface area contributed by atoms with Crippen LogP contribution in [0.5, 0.6) is 0 Å². The largest absolute Gasteiger partial charge is 0.365 e. The van der Waals surface area contributed by atoms with Crippen LogP contribution in [0.3, 0.4) is 0 Å². The molecule has 4 unspecified atom stereocenters. The standard InChI is InChI=1S/C12H20O2S/c13-12-8-4-3-7-11(12)15-10-6-2-1-5-9(10)14-12/h9-11,13H,1-8H2. The van der Waals surface area contributed by atoms with Gasteiger partial charge in [-0.1, -0.05) is 19.3 Å². The third-order valence-corrected chi connectivity index (χ3v) is 5.91. The summed E-state index contributed by atoms with van der Waals surface area (Å²) >= 11 is 2.02. The molecule has 1 aliphatic heterocycles. The summed E-state index contributed by atoms with van der Waals surface area (Å²) in [5, 5.41) is 11.5. The van der Waals surface area contributed by atoms with Gasteiger partial charge in [0.1, 0.15) is 0 Å². The molecule has 0 spiro atoms. The Morgan fingerprint density at radius 3 is 2.80 bits per heavy atom. The van der Waals surface area contributed by atoms with Gasteiger partial charge in [-0.2, -0.15) is 0 Å². The summed E-state index contributed by atoms with van der Waals surface area (Å²) in [6.07, 6.45) is 9.81. The van der Waals surface area contributed by atoms with Crippen LogP contribution >= 0.6 is 11.8 Å². The third-order valence-electron chi connectivity index (χ3n) is 4.09. The first-order valence-corrected chi connectivity index (χ1v) is 7.28. The Morgan fingerprint density at radius 1 is 1.07 bits per heavy atom. The second kappa shape index (κ2) is 3.94. The lowest BCUT2D eigenvalue weighted by molar-refractivity contribution is -0.249. The molecular weight excluding hydrogens is 208 g/mol. The number of ether oxygens (including phenoxy) is 1. The van der Waals surface area contributed by atoms with E-state index < -0.39 is 5.79 Å². The van der Waals surface area contributed by atoms with Crippen LogP contribution in [0, 0.1) is 0 Å². The Kier molecular flexibility index (Phi) is 2.74. The molecule has 3 aliphatic rings. The molecule has 3 rings (SSSR count). The Morgan fingerprint density at radius 2 is 1.87 bits per heavy atom. The fourth-order valence-corrected chi connectivity index (χ4v) is 5.01. The fourth-order valence-electron chi connectivity index (χ4n) is 3.23. The molecule has 0 amide bonds. The highest BCUT2D eigenvalue weighted by Crippen LogP contribution is 2.48. The molecule has 0 bridgehead atoms. The van der Waals surface area contributed by atoms with E-state index in [2.05, 4.69) is 0 Å². The molecule has 0 aromatic carbocycles. The van der Waals surface area contributed by atoms with Crippen molar-refractivity contribution in [2.75, 3.05) is 0 Å². The smallest absolute Gasteiger partial charge is 0.177 e. The summed E-state index contributed by atoms with van der Waals surface area (Å²) in [5.41, 5.74) is 0. The quantitative estimate of drug-likeness (QED) is 0.691. The first kappa shape index (κ1) is 10.4. The second-order valence-electron chi connectivity index (χ2n) is 5.19. The van der Waals surface area contributed by atoms with Crippen LogP contribution in [0.2, 0.25) is 0 Å². The van der Waals surface area contributed by atoms with Crippen molar-refractivity contribution >= 4 is 11.8 Å². The van der Waals surface area contributed by atoms with E-state index in [1.807, 2.05) is 11.8 Å². The number of hydrogen-bond donors (Lipinski definition) is 1. The van der Waals surface area contributed by atoms with Gasteiger partial charge in [-0.05, 0) is 25.7 Å². The summed E-state index contributed by atoms with van der Waals surface area (Å²) in [5.74, 6) is -0.776. The van der Waals surface area contributed by atoms with E-state index in [0.717, 1.165) is 25.7 Å². The summed E-state index contributed by atoms with van der Waals surface area (Å²) in [6, 6.07) is 0. The zero-order valence-corrected chi connectivity index (χ0v) is 9.97. The number of rotatable bonds is 0. The monoisotopic (exact) mass is 228 g/mol. The number of thioether (sulfide) groups is 1. The highest BCUT2D eigenvalue weighted by molar-refractivity contribution is 8.00. The molecule has 3 heteroatoms. The average Bonchev–Trinajstić information content (AvgIpc) is 2.25. The van der Waals surface area contributed by atoms with Crippen molar-refractivity contribution in [2.24, 2.45) is 0 Å². The Balaban J connectivity index is 1.76. The zero-order valence-electron chi connectivity index (χ0n) is 9.15. The van der Waals surface area contributed by atoms with E-state index in [1.54, 1.807) is 0 Å². The molecule has 2 saturated carbocycles. The van der Waals surface area contributed by atoms with Crippen molar-refractivity contribution in [1.82, 2.24) is 0 Å². The van der Waals surface area contributed by atoms with Crippen molar-refractivity contribution in [3.63, 3.8) is 0 Å². The number of aliphatic hydroxyl groups is 1. The zero-order chi connectivity index (χ0) is 10.3. The molecule has 1 heterocycles. The van der Waals surface area contributed by atoms with Gasteiger partial charge in [0.25, 0.3) is 0 Å². The molecule has 0 radical (unpaired) electrons. The van der Waals surface area contributed by atoms with Crippen molar-refractivity contribution in [3.05, 3.63) is 0 Å². The maximum absolute atomic E-state index is 10.5. The topological polar surface area (TPSA) is 29.5 Å². The molecule has 0 aromatic rings. The van der Waals surface area contributed by atoms with Gasteiger partial charge in [0.05, 0.1) is 11.4 Å². The minimum Gasteiger partial charge on any atom is -0.365 e. The molecule has 0 aromatic heterocycles. The lowest BCUT2D eigenvalue weighted by Crippen LogP contribution is -2.55. The molecule has 1 N–H and O–H groups in total. The predicted octanol–water partition coefficient (Wildman–Crippen LogP) is 2.69. The summed E-state index contributed by atoms with van der Waals surface area (Å²) in [6.45, 7) is 0. The van der Waals surface area contributed by atoms with E-state index in [9.17, 15) is 5.11 Å². The van der Waals surface area contributed by atoms with Gasteiger partial charge in [0, 0.05) is 11.7 Å². The minimum atomic E-state index is -0.776. The number of fused-ring (bicyclic) bond motifs is 2. The second-order valence-corrected chi connectivity index (χ2v) is 6.64. The Hall–Kier alpha value is 0.270. The van der Waals surface area contributed by atoms with E-state index in [0.29, 0.717) is 16.6 Å². The van der Waals surface area contributed by atoms with Crippen molar-refractivity contribution in [3.8, 4) is 0 Å². The lowest BCUT2D eigenvalue weighted by atomic mass is 9.91. The number of hydrogen-bond acceptors (Lipinski definition) is 3. The predicted molar refractivity (Wildman–Crippen MR) is 61.9 cm³/mol. The van der Waals surface area contributed by atoms with Crippen molar-refractivity contribution in [2.45, 2.75) is 73.8 Å². The van der Waals surface area contributed by atoms with Crippen LogP contribution in [-0.2, 0) is 4.74 Å². The molecule has 1 saturated heterocycles. The van der Waals surface area contributed by atoms with Gasteiger partial charge in [-0.15, -0.1) is 11.8 Å². The van der Waals surface area contributed by atoms with E-state index in [-0.39, 0.29) is 0 Å². The Labute approximate surface area is 95.8 Å². The molecule has 15 heavy (non-hydrogen) atoms. The first-order valence-electron chi connectivity index (χ1n) is 6.34. The fraction of sp³-hybridized carbons (Fsp3) is 1.00. The lowest BCUT2D eigenvalue weighted by Gasteiger charge is -2.50. The van der Waals surface area contributed by atoms with Crippen molar-refractivity contribution in [1.29, 1.82) is 0 Å². The van der Waals surface area contributed by atoms with E-state index >= 15 is 0 Å². The minimum absolute atomic E-state index is 0.336. The molecular formula is C12H20O2S. The Bertz CT molecular complexity index is 246.